The first-order valence-electron chi connectivity index (χ1n) is 8.32. The number of aliphatic hydroxyl groups excluding tert-OH is 1. The molecule has 0 radical (unpaired) electrons. The van der Waals surface area contributed by atoms with Crippen LogP contribution in [0.3, 0.4) is 0 Å². The third-order valence-electron chi connectivity index (χ3n) is 4.80. The van der Waals surface area contributed by atoms with E-state index in [4.69, 9.17) is 0 Å². The number of rotatable bonds is 5. The zero-order chi connectivity index (χ0) is 16.2. The molecule has 5 heteroatoms. The van der Waals surface area contributed by atoms with E-state index in [9.17, 15) is 9.90 Å². The van der Waals surface area contributed by atoms with Crippen molar-refractivity contribution in [3.8, 4) is 0 Å². The predicted octanol–water partition coefficient (Wildman–Crippen LogP) is 1.42. The average molecular weight is 315 g/mol. The lowest BCUT2D eigenvalue weighted by Gasteiger charge is -2.37. The normalized spacial score (nSPS) is 17.2. The molecule has 0 aliphatic carbocycles. The lowest BCUT2D eigenvalue weighted by molar-refractivity contribution is 0.0938. The Morgan fingerprint density at radius 3 is 2.78 bits per heavy atom. The Hall–Kier alpha value is -1.69. The van der Waals surface area contributed by atoms with Gasteiger partial charge in [-0.25, -0.2) is 0 Å². The molecule has 1 aliphatic heterocycles. The molecule has 0 bridgehead atoms. The number of pyridine rings is 1. The van der Waals surface area contributed by atoms with Gasteiger partial charge in [0.25, 0.3) is 5.56 Å². The lowest BCUT2D eigenvalue weighted by Crippen LogP contribution is -2.45. The second-order valence-electron chi connectivity index (χ2n) is 6.44. The van der Waals surface area contributed by atoms with Gasteiger partial charge in [-0.2, -0.15) is 0 Å². The fourth-order valence-electron chi connectivity index (χ4n) is 3.41. The first-order chi connectivity index (χ1) is 11.2. The van der Waals surface area contributed by atoms with Crippen molar-refractivity contribution in [3.63, 3.8) is 0 Å². The highest BCUT2D eigenvalue weighted by Crippen LogP contribution is 2.18. The number of hydrogen-bond acceptors (Lipinski definition) is 4. The van der Waals surface area contributed by atoms with Gasteiger partial charge in [-0.3, -0.25) is 9.69 Å². The molecule has 5 nitrogen and oxygen atoms in total. The summed E-state index contributed by atoms with van der Waals surface area (Å²) >= 11 is 0. The van der Waals surface area contributed by atoms with Crippen LogP contribution in [0.5, 0.6) is 0 Å². The molecule has 1 aromatic heterocycles. The highest BCUT2D eigenvalue weighted by atomic mass is 16.3. The van der Waals surface area contributed by atoms with Crippen LogP contribution in [0.1, 0.15) is 18.4 Å². The Morgan fingerprint density at radius 1 is 1.30 bits per heavy atom. The molecule has 0 unspecified atom stereocenters. The molecular formula is C18H25N3O2. The van der Waals surface area contributed by atoms with Gasteiger partial charge in [0.2, 0.25) is 0 Å². The van der Waals surface area contributed by atoms with Gasteiger partial charge in [-0.15, -0.1) is 0 Å². The molecule has 3 rings (SSSR count). The molecule has 0 saturated carbocycles. The fraction of sp³-hybridized carbons (Fsp3) is 0.500. The minimum absolute atomic E-state index is 0.0282. The highest BCUT2D eigenvalue weighted by Gasteiger charge is 2.23. The van der Waals surface area contributed by atoms with Gasteiger partial charge >= 0.3 is 0 Å². The summed E-state index contributed by atoms with van der Waals surface area (Å²) in [4.78, 5) is 19.9. The second-order valence-corrected chi connectivity index (χ2v) is 6.44. The van der Waals surface area contributed by atoms with Crippen molar-refractivity contribution in [2.24, 2.45) is 0 Å². The highest BCUT2D eigenvalue weighted by molar-refractivity contribution is 5.78. The van der Waals surface area contributed by atoms with Gasteiger partial charge in [-0.1, -0.05) is 18.2 Å². The molecule has 2 aromatic rings. The first-order valence-corrected chi connectivity index (χ1v) is 8.32. The third kappa shape index (κ3) is 3.80. The predicted molar refractivity (Wildman–Crippen MR) is 92.6 cm³/mol. The Balaban J connectivity index is 1.82. The quantitative estimate of drug-likeness (QED) is 0.876. The van der Waals surface area contributed by atoms with Crippen LogP contribution in [0.2, 0.25) is 0 Å². The molecule has 2 heterocycles. The van der Waals surface area contributed by atoms with Crippen molar-refractivity contribution in [1.82, 2.24) is 14.8 Å². The summed E-state index contributed by atoms with van der Waals surface area (Å²) < 4.78 is 0. The number of nitrogens with zero attached hydrogens (tertiary/aromatic N) is 2. The van der Waals surface area contributed by atoms with Crippen LogP contribution < -0.4 is 5.56 Å². The van der Waals surface area contributed by atoms with Crippen LogP contribution in [-0.2, 0) is 6.54 Å². The van der Waals surface area contributed by atoms with Gasteiger partial charge in [0.15, 0.2) is 0 Å². The Bertz CT molecular complexity index is 705. The van der Waals surface area contributed by atoms with Gasteiger partial charge < -0.3 is 15.0 Å². The van der Waals surface area contributed by atoms with E-state index >= 15 is 0 Å². The minimum Gasteiger partial charge on any atom is -0.395 e. The number of nitrogens with one attached hydrogen (secondary N) is 1. The van der Waals surface area contributed by atoms with Crippen molar-refractivity contribution in [1.29, 1.82) is 0 Å². The van der Waals surface area contributed by atoms with E-state index in [1.165, 1.54) is 0 Å². The number of aliphatic hydroxyl groups is 1. The molecule has 1 aliphatic rings. The van der Waals surface area contributed by atoms with E-state index in [-0.39, 0.29) is 12.2 Å². The molecule has 1 aromatic carbocycles. The van der Waals surface area contributed by atoms with E-state index in [0.717, 1.165) is 42.4 Å². The number of benzene rings is 1. The molecule has 0 amide bonds. The third-order valence-corrected chi connectivity index (χ3v) is 4.80. The van der Waals surface area contributed by atoms with Crippen LogP contribution in [0.15, 0.2) is 35.1 Å². The van der Waals surface area contributed by atoms with Gasteiger partial charge in [-0.05, 0) is 50.5 Å². The zero-order valence-corrected chi connectivity index (χ0v) is 13.7. The van der Waals surface area contributed by atoms with Crippen LogP contribution in [0, 0.1) is 0 Å². The number of aromatic nitrogens is 1. The summed E-state index contributed by atoms with van der Waals surface area (Å²) in [5, 5.41) is 10.5. The summed E-state index contributed by atoms with van der Waals surface area (Å²) in [5.74, 6) is 0. The summed E-state index contributed by atoms with van der Waals surface area (Å²) in [6.07, 6.45) is 2.17. The van der Waals surface area contributed by atoms with Gasteiger partial charge in [0.05, 0.1) is 6.61 Å². The number of H-pyrrole nitrogens is 1. The summed E-state index contributed by atoms with van der Waals surface area (Å²) in [7, 11) is 2.14. The monoisotopic (exact) mass is 315 g/mol. The van der Waals surface area contributed by atoms with Crippen molar-refractivity contribution in [2.45, 2.75) is 25.4 Å². The molecule has 0 atom stereocenters. The van der Waals surface area contributed by atoms with E-state index < -0.39 is 0 Å². The number of fused-ring (bicyclic) bond motifs is 1. The maximum atomic E-state index is 12.4. The van der Waals surface area contributed by atoms with Crippen LogP contribution in [0.25, 0.3) is 10.9 Å². The maximum Gasteiger partial charge on any atom is 0.252 e. The van der Waals surface area contributed by atoms with Gasteiger partial charge in [0, 0.05) is 30.2 Å². The molecule has 2 N–H and O–H groups in total. The smallest absolute Gasteiger partial charge is 0.252 e. The van der Waals surface area contributed by atoms with Crippen molar-refractivity contribution in [3.05, 3.63) is 46.2 Å². The molecule has 0 spiro atoms. The summed E-state index contributed by atoms with van der Waals surface area (Å²) in [5.41, 5.74) is 1.62. The SMILES string of the molecule is CN1CCC(N(CCO)Cc2cc3ccccc3[nH]c2=O)CC1. The molecule has 1 saturated heterocycles. The van der Waals surface area contributed by atoms with E-state index in [1.807, 2.05) is 30.3 Å². The Labute approximate surface area is 136 Å². The number of para-hydroxylation sites is 1. The van der Waals surface area contributed by atoms with E-state index in [2.05, 4.69) is 21.8 Å². The Kier molecular flexibility index (Phi) is 5.10. The van der Waals surface area contributed by atoms with Crippen molar-refractivity contribution < 1.29 is 5.11 Å². The van der Waals surface area contributed by atoms with Crippen LogP contribution in [0.4, 0.5) is 0 Å². The maximum absolute atomic E-state index is 12.4. The van der Waals surface area contributed by atoms with E-state index in [0.29, 0.717) is 19.1 Å². The largest absolute Gasteiger partial charge is 0.395 e. The Morgan fingerprint density at radius 2 is 2.04 bits per heavy atom. The second kappa shape index (κ2) is 7.25. The average Bonchev–Trinajstić information content (AvgIpc) is 2.56. The minimum atomic E-state index is -0.0282. The van der Waals surface area contributed by atoms with Crippen LogP contribution in [-0.4, -0.2) is 59.2 Å². The number of aromatic amines is 1. The number of piperidine rings is 1. The van der Waals surface area contributed by atoms with E-state index in [1.54, 1.807) is 0 Å². The number of hydrogen-bond donors (Lipinski definition) is 2. The first kappa shape index (κ1) is 16.2. The topological polar surface area (TPSA) is 59.6 Å². The van der Waals surface area contributed by atoms with Crippen molar-refractivity contribution in [2.75, 3.05) is 33.3 Å². The van der Waals surface area contributed by atoms with Crippen LogP contribution >= 0.6 is 0 Å². The molecule has 124 valence electrons. The number of likely N-dealkylation sites (tertiary alicyclic amines) is 1. The van der Waals surface area contributed by atoms with Gasteiger partial charge in [0.1, 0.15) is 0 Å². The standard InChI is InChI=1S/C18H25N3O2/c1-20-8-6-16(7-9-20)21(10-11-22)13-15-12-14-4-2-3-5-17(14)19-18(15)23/h2-5,12,16,22H,6-11,13H2,1H3,(H,19,23). The van der Waals surface area contributed by atoms with Crippen molar-refractivity contribution >= 4 is 10.9 Å². The zero-order valence-electron chi connectivity index (χ0n) is 13.7. The fourth-order valence-corrected chi connectivity index (χ4v) is 3.41. The summed E-state index contributed by atoms with van der Waals surface area (Å²) in [6.45, 7) is 3.47. The lowest BCUT2D eigenvalue weighted by atomic mass is 10.0. The molecular weight excluding hydrogens is 290 g/mol. The molecule has 1 fully saturated rings. The molecule has 23 heavy (non-hydrogen) atoms. The summed E-state index contributed by atoms with van der Waals surface area (Å²) in [6, 6.07) is 10.3.